The van der Waals surface area contributed by atoms with Crippen molar-refractivity contribution >= 4 is 17.5 Å². The highest BCUT2D eigenvalue weighted by Crippen LogP contribution is 2.25. The molecule has 106 valence electrons. The van der Waals surface area contributed by atoms with Gasteiger partial charge in [0.15, 0.2) is 0 Å². The van der Waals surface area contributed by atoms with E-state index in [-0.39, 0.29) is 0 Å². The molecule has 0 saturated heterocycles. The van der Waals surface area contributed by atoms with Crippen molar-refractivity contribution in [3.8, 4) is 0 Å². The van der Waals surface area contributed by atoms with Crippen LogP contribution in [0.1, 0.15) is 10.9 Å². The van der Waals surface area contributed by atoms with Crippen LogP contribution in [0.2, 0.25) is 0 Å². The molecule has 1 aromatic carbocycles. The Morgan fingerprint density at radius 2 is 1.89 bits per heavy atom. The highest BCUT2D eigenvalue weighted by molar-refractivity contribution is 6.30. The minimum absolute atomic E-state index is 0.408. The van der Waals surface area contributed by atoms with Gasteiger partial charge in [0.05, 0.1) is 6.61 Å². The first kappa shape index (κ1) is 15.8. The Bertz CT molecular complexity index is 411. The van der Waals surface area contributed by atoms with Crippen molar-refractivity contribution in [3.63, 3.8) is 0 Å². The predicted molar refractivity (Wildman–Crippen MR) is 64.8 cm³/mol. The van der Waals surface area contributed by atoms with Crippen LogP contribution in [-0.2, 0) is 4.79 Å². The number of alkyl halides is 4. The minimum Gasteiger partial charge on any atom is -0.395 e. The fraction of sp³-hybridized carbons (Fsp3) is 0.417. The first-order valence-electron chi connectivity index (χ1n) is 5.50. The number of hydrogen-bond donors (Lipinski definition) is 1. The molecule has 1 amide bonds. The molecule has 0 bridgehead atoms. The number of amides is 1. The van der Waals surface area contributed by atoms with E-state index in [0.29, 0.717) is 10.5 Å². The molecular weight excluding hydrogens is 283 g/mol. The summed E-state index contributed by atoms with van der Waals surface area (Å²) in [5.41, 5.74) is 0.416. The summed E-state index contributed by atoms with van der Waals surface area (Å²) in [6.45, 7) is -2.39. The van der Waals surface area contributed by atoms with Crippen LogP contribution in [0.25, 0.3) is 0 Å². The molecule has 0 heterocycles. The molecular formula is C12H13ClF3NO2. The Morgan fingerprint density at radius 3 is 2.37 bits per heavy atom. The average Bonchev–Trinajstić information content (AvgIpc) is 2.36. The molecule has 1 N–H and O–H groups in total. The highest BCUT2D eigenvalue weighted by atomic mass is 35.5. The Balaban J connectivity index is 2.82. The fourth-order valence-corrected chi connectivity index (χ4v) is 1.81. The van der Waals surface area contributed by atoms with Gasteiger partial charge in [-0.15, -0.1) is 11.6 Å². The van der Waals surface area contributed by atoms with Crippen molar-refractivity contribution in [2.45, 2.75) is 11.6 Å². The molecule has 1 atom stereocenters. The second-order valence-corrected chi connectivity index (χ2v) is 4.31. The number of nitrogens with zero attached hydrogens (tertiary/aromatic N) is 1. The summed E-state index contributed by atoms with van der Waals surface area (Å²) in [6, 6.07) is 8.09. The Morgan fingerprint density at radius 1 is 1.32 bits per heavy atom. The second kappa shape index (κ2) is 6.77. The van der Waals surface area contributed by atoms with Crippen molar-refractivity contribution in [1.82, 2.24) is 4.90 Å². The number of hydrogen-bond acceptors (Lipinski definition) is 2. The van der Waals surface area contributed by atoms with Gasteiger partial charge in [-0.25, -0.2) is 0 Å². The van der Waals surface area contributed by atoms with Crippen molar-refractivity contribution in [3.05, 3.63) is 35.9 Å². The monoisotopic (exact) mass is 295 g/mol. The molecule has 1 rings (SSSR count). The molecule has 0 radical (unpaired) electrons. The third-order valence-electron chi connectivity index (χ3n) is 2.36. The van der Waals surface area contributed by atoms with Gasteiger partial charge in [-0.1, -0.05) is 30.3 Å². The molecule has 0 spiro atoms. The number of rotatable bonds is 5. The van der Waals surface area contributed by atoms with Gasteiger partial charge in [0.2, 0.25) is 5.91 Å². The van der Waals surface area contributed by atoms with Crippen LogP contribution in [0, 0.1) is 0 Å². The van der Waals surface area contributed by atoms with Gasteiger partial charge in [0.1, 0.15) is 11.9 Å². The first-order chi connectivity index (χ1) is 8.85. The highest BCUT2D eigenvalue weighted by Gasteiger charge is 2.35. The minimum atomic E-state index is -4.53. The van der Waals surface area contributed by atoms with Crippen LogP contribution in [0.4, 0.5) is 13.2 Å². The SMILES string of the molecule is O=C(C(Cl)c1ccccc1)N(CCO)CC(F)(F)F. The number of aliphatic hydroxyl groups excluding tert-OH is 1. The zero-order chi connectivity index (χ0) is 14.5. The number of carbonyl (C=O) groups excluding carboxylic acids is 1. The van der Waals surface area contributed by atoms with Gasteiger partial charge in [-0.2, -0.15) is 13.2 Å². The quantitative estimate of drug-likeness (QED) is 0.847. The van der Waals surface area contributed by atoms with E-state index in [1.165, 1.54) is 0 Å². The second-order valence-electron chi connectivity index (χ2n) is 3.87. The van der Waals surface area contributed by atoms with Gasteiger partial charge in [0, 0.05) is 6.54 Å². The Labute approximate surface area is 113 Å². The summed E-state index contributed by atoms with van der Waals surface area (Å²) in [7, 11) is 0. The lowest BCUT2D eigenvalue weighted by Crippen LogP contribution is -2.42. The van der Waals surface area contributed by atoms with Crippen LogP contribution in [-0.4, -0.2) is 41.8 Å². The lowest BCUT2D eigenvalue weighted by molar-refractivity contribution is -0.161. The summed E-state index contributed by atoms with van der Waals surface area (Å²) in [6.07, 6.45) is -4.53. The van der Waals surface area contributed by atoms with Crippen LogP contribution in [0.5, 0.6) is 0 Å². The fourth-order valence-electron chi connectivity index (χ4n) is 1.53. The maximum Gasteiger partial charge on any atom is 0.406 e. The molecule has 7 heteroatoms. The lowest BCUT2D eigenvalue weighted by Gasteiger charge is -2.25. The Hall–Kier alpha value is -1.27. The van der Waals surface area contributed by atoms with E-state index < -0.39 is 37.2 Å². The van der Waals surface area contributed by atoms with E-state index in [1.807, 2.05) is 0 Å². The predicted octanol–water partition coefficient (Wildman–Crippen LogP) is 2.35. The van der Waals surface area contributed by atoms with E-state index in [0.717, 1.165) is 0 Å². The van der Waals surface area contributed by atoms with E-state index in [4.69, 9.17) is 16.7 Å². The number of benzene rings is 1. The molecule has 1 aromatic rings. The molecule has 1 unspecified atom stereocenters. The van der Waals surface area contributed by atoms with Gasteiger partial charge in [-0.05, 0) is 5.56 Å². The normalized spacial score (nSPS) is 13.1. The van der Waals surface area contributed by atoms with Gasteiger partial charge in [-0.3, -0.25) is 4.79 Å². The first-order valence-corrected chi connectivity index (χ1v) is 5.94. The standard InChI is InChI=1S/C12H13ClF3NO2/c13-10(9-4-2-1-3-5-9)11(19)17(6-7-18)8-12(14,15)16/h1-5,10,18H,6-8H2. The number of carbonyl (C=O) groups is 1. The molecule has 3 nitrogen and oxygen atoms in total. The molecule has 0 aliphatic carbocycles. The average molecular weight is 296 g/mol. The van der Waals surface area contributed by atoms with Crippen LogP contribution < -0.4 is 0 Å². The molecule has 0 aliphatic heterocycles. The van der Waals surface area contributed by atoms with E-state index in [1.54, 1.807) is 30.3 Å². The van der Waals surface area contributed by atoms with Gasteiger partial charge >= 0.3 is 6.18 Å². The third kappa shape index (κ3) is 5.08. The maximum absolute atomic E-state index is 12.3. The van der Waals surface area contributed by atoms with Gasteiger partial charge in [0.25, 0.3) is 0 Å². The van der Waals surface area contributed by atoms with Crippen LogP contribution in [0.3, 0.4) is 0 Å². The summed E-state index contributed by atoms with van der Waals surface area (Å²) in [5, 5.41) is 7.53. The van der Waals surface area contributed by atoms with Crippen molar-refractivity contribution in [1.29, 1.82) is 0 Å². The van der Waals surface area contributed by atoms with Crippen molar-refractivity contribution < 1.29 is 23.1 Å². The summed E-state index contributed by atoms with van der Waals surface area (Å²) < 4.78 is 37.0. The maximum atomic E-state index is 12.3. The molecule has 0 fully saturated rings. The molecule has 0 aromatic heterocycles. The molecule has 0 aliphatic rings. The largest absolute Gasteiger partial charge is 0.406 e. The van der Waals surface area contributed by atoms with E-state index in [9.17, 15) is 18.0 Å². The zero-order valence-electron chi connectivity index (χ0n) is 9.90. The van der Waals surface area contributed by atoms with E-state index >= 15 is 0 Å². The summed E-state index contributed by atoms with van der Waals surface area (Å²) >= 11 is 5.88. The smallest absolute Gasteiger partial charge is 0.395 e. The Kier molecular flexibility index (Phi) is 5.62. The zero-order valence-corrected chi connectivity index (χ0v) is 10.7. The van der Waals surface area contributed by atoms with E-state index in [2.05, 4.69) is 0 Å². The number of halogens is 4. The summed E-state index contributed by atoms with van der Waals surface area (Å²) in [4.78, 5) is 12.4. The number of aliphatic hydroxyl groups is 1. The lowest BCUT2D eigenvalue weighted by atomic mass is 10.1. The topological polar surface area (TPSA) is 40.5 Å². The van der Waals surface area contributed by atoms with Crippen LogP contribution in [0.15, 0.2) is 30.3 Å². The molecule has 19 heavy (non-hydrogen) atoms. The van der Waals surface area contributed by atoms with Gasteiger partial charge < -0.3 is 10.0 Å². The van der Waals surface area contributed by atoms with Crippen LogP contribution >= 0.6 is 11.6 Å². The third-order valence-corrected chi connectivity index (χ3v) is 2.80. The van der Waals surface area contributed by atoms with Crippen molar-refractivity contribution in [2.24, 2.45) is 0 Å². The summed E-state index contributed by atoms with van der Waals surface area (Å²) in [5.74, 6) is -0.876. The molecule has 0 saturated carbocycles. The van der Waals surface area contributed by atoms with Crippen molar-refractivity contribution in [2.75, 3.05) is 19.7 Å².